The molecular formula is C19H24N4O2. The number of benzene rings is 1. The van der Waals surface area contributed by atoms with Crippen LogP contribution < -0.4 is 10.2 Å². The Hall–Kier alpha value is -2.63. The number of hydrogen-bond acceptors (Lipinski definition) is 3. The summed E-state index contributed by atoms with van der Waals surface area (Å²) in [5.74, 6) is 1.11. The fraction of sp³-hybridized carbons (Fsp3) is 0.421. The van der Waals surface area contributed by atoms with Crippen molar-refractivity contribution < 1.29 is 9.59 Å². The summed E-state index contributed by atoms with van der Waals surface area (Å²) in [7, 11) is 1.80. The quantitative estimate of drug-likeness (QED) is 0.876. The number of anilines is 1. The van der Waals surface area contributed by atoms with Crippen LogP contribution in [0.3, 0.4) is 0 Å². The van der Waals surface area contributed by atoms with Crippen molar-refractivity contribution in [1.82, 2.24) is 14.9 Å². The van der Waals surface area contributed by atoms with Crippen molar-refractivity contribution in [3.63, 3.8) is 0 Å². The SMILES string of the molecule is CCc1nccn1CCC(=O)NCC1CC(=O)N(C)c2ccccc21. The third kappa shape index (κ3) is 3.73. The number of fused-ring (bicyclic) bond motifs is 1. The van der Waals surface area contributed by atoms with E-state index in [9.17, 15) is 9.59 Å². The van der Waals surface area contributed by atoms with Crippen LogP contribution in [0.5, 0.6) is 0 Å². The lowest BCUT2D eigenvalue weighted by Gasteiger charge is -2.31. The Balaban J connectivity index is 1.57. The zero-order valence-electron chi connectivity index (χ0n) is 14.7. The van der Waals surface area contributed by atoms with Crippen molar-refractivity contribution in [3.8, 4) is 0 Å². The van der Waals surface area contributed by atoms with Gasteiger partial charge in [-0.2, -0.15) is 0 Å². The highest BCUT2D eigenvalue weighted by molar-refractivity contribution is 5.96. The van der Waals surface area contributed by atoms with Crippen molar-refractivity contribution in [1.29, 1.82) is 0 Å². The molecule has 1 atom stereocenters. The van der Waals surface area contributed by atoms with Crippen LogP contribution in [0.15, 0.2) is 36.7 Å². The second kappa shape index (κ2) is 7.51. The van der Waals surface area contributed by atoms with Gasteiger partial charge in [0.1, 0.15) is 5.82 Å². The molecule has 1 N–H and O–H groups in total. The number of carbonyl (C=O) groups excluding carboxylic acids is 2. The fourth-order valence-corrected chi connectivity index (χ4v) is 3.32. The van der Waals surface area contributed by atoms with Crippen LogP contribution in [0.4, 0.5) is 5.69 Å². The van der Waals surface area contributed by atoms with Gasteiger partial charge in [0.25, 0.3) is 0 Å². The van der Waals surface area contributed by atoms with Gasteiger partial charge in [-0.05, 0) is 11.6 Å². The average molecular weight is 340 g/mol. The predicted octanol–water partition coefficient (Wildman–Crippen LogP) is 2.10. The summed E-state index contributed by atoms with van der Waals surface area (Å²) in [5, 5.41) is 2.99. The highest BCUT2D eigenvalue weighted by Gasteiger charge is 2.28. The first-order valence-electron chi connectivity index (χ1n) is 8.72. The molecule has 2 aromatic rings. The van der Waals surface area contributed by atoms with Gasteiger partial charge >= 0.3 is 0 Å². The first-order chi connectivity index (χ1) is 12.1. The molecule has 1 unspecified atom stereocenters. The van der Waals surface area contributed by atoms with Gasteiger partial charge in [0.05, 0.1) is 0 Å². The van der Waals surface area contributed by atoms with Gasteiger partial charge < -0.3 is 14.8 Å². The molecule has 132 valence electrons. The van der Waals surface area contributed by atoms with Crippen LogP contribution in [-0.2, 0) is 22.6 Å². The molecule has 1 aliphatic rings. The number of hydrogen-bond donors (Lipinski definition) is 1. The van der Waals surface area contributed by atoms with Gasteiger partial charge in [-0.1, -0.05) is 25.1 Å². The first kappa shape index (κ1) is 17.2. The number of aromatic nitrogens is 2. The van der Waals surface area contributed by atoms with Crippen molar-refractivity contribution >= 4 is 17.5 Å². The summed E-state index contributed by atoms with van der Waals surface area (Å²) in [6.07, 6.45) is 5.35. The Labute approximate surface area is 147 Å². The number of nitrogens with zero attached hydrogens (tertiary/aromatic N) is 3. The average Bonchev–Trinajstić information content (AvgIpc) is 3.09. The third-order valence-corrected chi connectivity index (χ3v) is 4.78. The highest BCUT2D eigenvalue weighted by atomic mass is 16.2. The maximum Gasteiger partial charge on any atom is 0.227 e. The minimum Gasteiger partial charge on any atom is -0.355 e. The van der Waals surface area contributed by atoms with Crippen molar-refractivity contribution in [3.05, 3.63) is 48.0 Å². The van der Waals surface area contributed by atoms with Crippen molar-refractivity contribution in [2.75, 3.05) is 18.5 Å². The Morgan fingerprint density at radius 1 is 1.36 bits per heavy atom. The highest BCUT2D eigenvalue weighted by Crippen LogP contribution is 2.34. The number of nitrogens with one attached hydrogen (secondary N) is 1. The number of para-hydroxylation sites is 1. The molecule has 1 aromatic heterocycles. The van der Waals surface area contributed by atoms with Crippen LogP contribution in [0, 0.1) is 0 Å². The van der Waals surface area contributed by atoms with Crippen LogP contribution in [0.25, 0.3) is 0 Å². The minimum absolute atomic E-state index is 0.000360. The number of carbonyl (C=O) groups is 2. The van der Waals surface area contributed by atoms with Crippen LogP contribution in [0.1, 0.15) is 37.1 Å². The van der Waals surface area contributed by atoms with Crippen LogP contribution >= 0.6 is 0 Å². The maximum atomic E-state index is 12.2. The molecule has 0 bridgehead atoms. The van der Waals surface area contributed by atoms with Crippen LogP contribution in [0.2, 0.25) is 0 Å². The van der Waals surface area contributed by atoms with Gasteiger partial charge in [-0.3, -0.25) is 9.59 Å². The fourth-order valence-electron chi connectivity index (χ4n) is 3.32. The summed E-state index contributed by atoms with van der Waals surface area (Å²) in [4.78, 5) is 30.3. The molecule has 0 saturated heterocycles. The first-order valence-corrected chi connectivity index (χ1v) is 8.72. The molecule has 0 saturated carbocycles. The lowest BCUT2D eigenvalue weighted by atomic mass is 9.89. The summed E-state index contributed by atoms with van der Waals surface area (Å²) in [5.41, 5.74) is 2.05. The smallest absolute Gasteiger partial charge is 0.227 e. The van der Waals surface area contributed by atoms with E-state index in [1.165, 1.54) is 0 Å². The van der Waals surface area contributed by atoms with E-state index in [0.717, 1.165) is 23.5 Å². The Morgan fingerprint density at radius 3 is 2.96 bits per heavy atom. The van der Waals surface area contributed by atoms with Gasteiger partial charge in [0.15, 0.2) is 0 Å². The van der Waals surface area contributed by atoms with E-state index >= 15 is 0 Å². The molecule has 1 aromatic carbocycles. The second-order valence-electron chi connectivity index (χ2n) is 6.36. The van der Waals surface area contributed by atoms with E-state index in [1.54, 1.807) is 18.1 Å². The number of imidazole rings is 1. The molecular weight excluding hydrogens is 316 g/mol. The van der Waals surface area contributed by atoms with Crippen molar-refractivity contribution in [2.24, 2.45) is 0 Å². The summed E-state index contributed by atoms with van der Waals surface area (Å²) < 4.78 is 2.01. The molecule has 0 radical (unpaired) electrons. The van der Waals surface area contributed by atoms with E-state index in [0.29, 0.717) is 25.9 Å². The number of rotatable bonds is 6. The topological polar surface area (TPSA) is 67.2 Å². The van der Waals surface area contributed by atoms with Gasteiger partial charge in [-0.25, -0.2) is 4.98 Å². The number of aryl methyl sites for hydroxylation is 2. The van der Waals surface area contributed by atoms with E-state index in [-0.39, 0.29) is 17.7 Å². The Morgan fingerprint density at radius 2 is 2.16 bits per heavy atom. The second-order valence-corrected chi connectivity index (χ2v) is 6.36. The van der Waals surface area contributed by atoms with E-state index < -0.39 is 0 Å². The molecule has 0 aliphatic carbocycles. The molecule has 0 fully saturated rings. The predicted molar refractivity (Wildman–Crippen MR) is 96.4 cm³/mol. The molecule has 25 heavy (non-hydrogen) atoms. The molecule has 0 spiro atoms. The monoisotopic (exact) mass is 340 g/mol. The minimum atomic E-state index is -0.000360. The summed E-state index contributed by atoms with van der Waals surface area (Å²) in [6, 6.07) is 7.89. The summed E-state index contributed by atoms with van der Waals surface area (Å²) >= 11 is 0. The van der Waals surface area contributed by atoms with E-state index in [2.05, 4.69) is 10.3 Å². The zero-order chi connectivity index (χ0) is 17.8. The van der Waals surface area contributed by atoms with Gasteiger partial charge in [-0.15, -0.1) is 0 Å². The zero-order valence-corrected chi connectivity index (χ0v) is 14.7. The van der Waals surface area contributed by atoms with Gasteiger partial charge in [0.2, 0.25) is 11.8 Å². The molecule has 6 nitrogen and oxygen atoms in total. The van der Waals surface area contributed by atoms with E-state index in [1.807, 2.05) is 42.0 Å². The standard InChI is InChI=1S/C19H24N4O2/c1-3-17-20-9-11-23(17)10-8-18(24)21-13-14-12-19(25)22(2)16-7-5-4-6-15(14)16/h4-7,9,11,14H,3,8,10,12-13H2,1-2H3,(H,21,24). The Kier molecular flexibility index (Phi) is 5.16. The molecule has 1 aliphatic heterocycles. The Bertz CT molecular complexity index is 768. The lowest BCUT2D eigenvalue weighted by molar-refractivity contribution is -0.122. The van der Waals surface area contributed by atoms with E-state index in [4.69, 9.17) is 0 Å². The maximum absolute atomic E-state index is 12.2. The van der Waals surface area contributed by atoms with Crippen molar-refractivity contribution in [2.45, 2.75) is 38.6 Å². The van der Waals surface area contributed by atoms with Gasteiger partial charge in [0, 0.05) is 63.4 Å². The number of amides is 2. The summed E-state index contributed by atoms with van der Waals surface area (Å²) in [6.45, 7) is 3.16. The van der Waals surface area contributed by atoms with Crippen LogP contribution in [-0.4, -0.2) is 35.0 Å². The largest absolute Gasteiger partial charge is 0.355 e. The molecule has 3 rings (SSSR count). The molecule has 2 amide bonds. The normalized spacial score (nSPS) is 16.6. The molecule has 2 heterocycles. The molecule has 6 heteroatoms. The third-order valence-electron chi connectivity index (χ3n) is 4.78. The lowest BCUT2D eigenvalue weighted by Crippen LogP contribution is -2.37.